The van der Waals surface area contributed by atoms with Crippen LogP contribution in [-0.2, 0) is 12.8 Å². The van der Waals surface area contributed by atoms with E-state index in [1.165, 1.54) is 68.4 Å². The Hall–Kier alpha value is -0.960. The summed E-state index contributed by atoms with van der Waals surface area (Å²) in [4.78, 5) is 5.02. The summed E-state index contributed by atoms with van der Waals surface area (Å²) in [6.45, 7) is 0. The van der Waals surface area contributed by atoms with Crippen LogP contribution in [0.5, 0.6) is 0 Å². The Morgan fingerprint density at radius 1 is 1.05 bits per heavy atom. The van der Waals surface area contributed by atoms with Crippen LogP contribution in [0, 0.1) is 5.92 Å². The van der Waals surface area contributed by atoms with Gasteiger partial charge in [-0.25, -0.2) is 0 Å². The van der Waals surface area contributed by atoms with Crippen molar-refractivity contribution in [1.29, 1.82) is 0 Å². The molecule has 2 unspecified atom stereocenters. The standard InChI is InChI=1S/C18H24N2S/c1-3-9-15-13(6-1)8-5-11-17(15)20-18-19-16-10-4-2-7-14(16)12-21-18/h5,8,11,14,16H,1-4,6-7,9-10,12H2,(H,19,20). The van der Waals surface area contributed by atoms with Gasteiger partial charge in [-0.05, 0) is 61.6 Å². The van der Waals surface area contributed by atoms with Crippen LogP contribution < -0.4 is 5.32 Å². The Labute approximate surface area is 131 Å². The van der Waals surface area contributed by atoms with Crippen molar-refractivity contribution in [3.63, 3.8) is 0 Å². The van der Waals surface area contributed by atoms with Crippen LogP contribution in [0.4, 0.5) is 5.69 Å². The van der Waals surface area contributed by atoms with E-state index in [1.807, 2.05) is 11.8 Å². The van der Waals surface area contributed by atoms with Crippen LogP contribution >= 0.6 is 11.8 Å². The molecule has 0 bridgehead atoms. The number of nitrogens with zero attached hydrogens (tertiary/aromatic N) is 1. The highest BCUT2D eigenvalue weighted by molar-refractivity contribution is 8.14. The van der Waals surface area contributed by atoms with Gasteiger partial charge in [-0.15, -0.1) is 0 Å². The van der Waals surface area contributed by atoms with Crippen molar-refractivity contribution in [2.75, 3.05) is 11.1 Å². The minimum Gasteiger partial charge on any atom is -0.335 e. The number of aliphatic imine (C=N–C) groups is 1. The first-order valence-corrected chi connectivity index (χ1v) is 9.47. The number of thioether (sulfide) groups is 1. The van der Waals surface area contributed by atoms with E-state index in [1.54, 1.807) is 5.56 Å². The number of rotatable bonds is 1. The summed E-state index contributed by atoms with van der Waals surface area (Å²) in [6.07, 6.45) is 10.6. The Morgan fingerprint density at radius 3 is 2.95 bits per heavy atom. The number of anilines is 1. The first-order valence-electron chi connectivity index (χ1n) is 8.48. The third kappa shape index (κ3) is 2.85. The maximum atomic E-state index is 5.02. The van der Waals surface area contributed by atoms with E-state index in [2.05, 4.69) is 23.5 Å². The Balaban J connectivity index is 1.55. The zero-order valence-corrected chi connectivity index (χ0v) is 13.4. The van der Waals surface area contributed by atoms with Crippen LogP contribution in [0.2, 0.25) is 0 Å². The Bertz CT molecular complexity index is 552. The number of fused-ring (bicyclic) bond motifs is 2. The third-order valence-corrected chi connectivity index (χ3v) is 6.30. The minimum atomic E-state index is 0.585. The summed E-state index contributed by atoms with van der Waals surface area (Å²) in [5, 5.41) is 4.82. The number of benzene rings is 1. The van der Waals surface area contributed by atoms with E-state index in [4.69, 9.17) is 4.99 Å². The molecule has 21 heavy (non-hydrogen) atoms. The summed E-state index contributed by atoms with van der Waals surface area (Å²) >= 11 is 1.93. The monoisotopic (exact) mass is 300 g/mol. The highest BCUT2D eigenvalue weighted by Gasteiger charge is 2.29. The van der Waals surface area contributed by atoms with Crippen molar-refractivity contribution in [3.05, 3.63) is 29.3 Å². The molecule has 1 heterocycles. The molecule has 112 valence electrons. The molecule has 1 fully saturated rings. The van der Waals surface area contributed by atoms with E-state index in [0.717, 1.165) is 11.1 Å². The van der Waals surface area contributed by atoms with Crippen molar-refractivity contribution >= 4 is 22.6 Å². The van der Waals surface area contributed by atoms with Crippen LogP contribution in [-0.4, -0.2) is 17.0 Å². The summed E-state index contributed by atoms with van der Waals surface area (Å²) < 4.78 is 0. The maximum absolute atomic E-state index is 5.02. The van der Waals surface area contributed by atoms with Gasteiger partial charge in [-0.3, -0.25) is 4.99 Å². The average molecular weight is 300 g/mol. The van der Waals surface area contributed by atoms with Crippen molar-refractivity contribution in [1.82, 2.24) is 0 Å². The third-order valence-electron chi connectivity index (χ3n) is 5.22. The number of amidine groups is 1. The fraction of sp³-hybridized carbons (Fsp3) is 0.611. The van der Waals surface area contributed by atoms with Crippen LogP contribution in [0.25, 0.3) is 0 Å². The summed E-state index contributed by atoms with van der Waals surface area (Å²) in [6, 6.07) is 7.32. The fourth-order valence-corrected chi connectivity index (χ4v) is 5.16. The molecule has 0 aromatic heterocycles. The first kappa shape index (κ1) is 13.7. The molecule has 1 aliphatic heterocycles. The Morgan fingerprint density at radius 2 is 1.95 bits per heavy atom. The van der Waals surface area contributed by atoms with Crippen molar-refractivity contribution in [3.8, 4) is 0 Å². The van der Waals surface area contributed by atoms with E-state index in [9.17, 15) is 0 Å². The van der Waals surface area contributed by atoms with Crippen LogP contribution in [0.15, 0.2) is 23.2 Å². The van der Waals surface area contributed by atoms with E-state index in [-0.39, 0.29) is 0 Å². The van der Waals surface area contributed by atoms with Crippen molar-refractivity contribution in [2.45, 2.75) is 57.4 Å². The molecule has 1 aromatic carbocycles. The second-order valence-corrected chi connectivity index (χ2v) is 7.64. The lowest BCUT2D eigenvalue weighted by molar-refractivity contribution is 0.336. The van der Waals surface area contributed by atoms with E-state index in [0.29, 0.717) is 6.04 Å². The SMILES string of the molecule is c1cc2c(c(NC3=NC4CCCCC4CS3)c1)CCCC2. The zero-order valence-electron chi connectivity index (χ0n) is 12.6. The second kappa shape index (κ2) is 6.04. The smallest absolute Gasteiger partial charge is 0.161 e. The normalized spacial score (nSPS) is 28.3. The molecular formula is C18H24N2S. The molecular weight excluding hydrogens is 276 g/mol. The lowest BCUT2D eigenvalue weighted by Crippen LogP contribution is -2.32. The molecule has 0 saturated heterocycles. The molecule has 2 aliphatic carbocycles. The van der Waals surface area contributed by atoms with Gasteiger partial charge >= 0.3 is 0 Å². The van der Waals surface area contributed by atoms with Crippen molar-refractivity contribution in [2.24, 2.45) is 10.9 Å². The van der Waals surface area contributed by atoms with Crippen LogP contribution in [0.3, 0.4) is 0 Å². The highest BCUT2D eigenvalue weighted by Crippen LogP contribution is 2.35. The van der Waals surface area contributed by atoms with Gasteiger partial charge in [0.15, 0.2) is 5.17 Å². The molecule has 3 aliphatic rings. The molecule has 0 spiro atoms. The van der Waals surface area contributed by atoms with E-state index < -0.39 is 0 Å². The fourth-order valence-electron chi connectivity index (χ4n) is 4.01. The number of aryl methyl sites for hydroxylation is 1. The highest BCUT2D eigenvalue weighted by atomic mass is 32.2. The predicted molar refractivity (Wildman–Crippen MR) is 92.3 cm³/mol. The molecule has 4 rings (SSSR count). The first-order chi connectivity index (χ1) is 10.4. The van der Waals surface area contributed by atoms with Gasteiger partial charge in [0, 0.05) is 11.4 Å². The molecule has 3 heteroatoms. The molecule has 1 aromatic rings. The zero-order chi connectivity index (χ0) is 14.1. The number of nitrogens with one attached hydrogen (secondary N) is 1. The largest absolute Gasteiger partial charge is 0.335 e. The van der Waals surface area contributed by atoms with Crippen molar-refractivity contribution < 1.29 is 0 Å². The quantitative estimate of drug-likeness (QED) is 0.817. The predicted octanol–water partition coefficient (Wildman–Crippen LogP) is 4.64. The molecule has 2 atom stereocenters. The molecule has 1 N–H and O–H groups in total. The molecule has 0 radical (unpaired) electrons. The van der Waals surface area contributed by atoms with E-state index >= 15 is 0 Å². The molecule has 2 nitrogen and oxygen atoms in total. The summed E-state index contributed by atoms with van der Waals surface area (Å²) in [7, 11) is 0. The van der Waals surface area contributed by atoms with Gasteiger partial charge < -0.3 is 5.32 Å². The summed E-state index contributed by atoms with van der Waals surface area (Å²) in [5.41, 5.74) is 4.40. The van der Waals surface area contributed by atoms with Crippen LogP contribution in [0.1, 0.15) is 49.7 Å². The topological polar surface area (TPSA) is 24.4 Å². The van der Waals surface area contributed by atoms with Gasteiger partial charge in [0.2, 0.25) is 0 Å². The van der Waals surface area contributed by atoms with Gasteiger partial charge in [0.05, 0.1) is 6.04 Å². The maximum Gasteiger partial charge on any atom is 0.161 e. The second-order valence-electron chi connectivity index (χ2n) is 6.63. The van der Waals surface area contributed by atoms with Gasteiger partial charge in [0.1, 0.15) is 0 Å². The lowest BCUT2D eigenvalue weighted by Gasteiger charge is -2.33. The van der Waals surface area contributed by atoms with Gasteiger partial charge in [-0.2, -0.15) is 0 Å². The number of hydrogen-bond acceptors (Lipinski definition) is 3. The summed E-state index contributed by atoms with van der Waals surface area (Å²) in [5.74, 6) is 2.09. The average Bonchev–Trinajstić information content (AvgIpc) is 2.55. The van der Waals surface area contributed by atoms with Gasteiger partial charge in [-0.1, -0.05) is 36.7 Å². The molecule has 0 amide bonds. The molecule has 1 saturated carbocycles. The number of hydrogen-bond donors (Lipinski definition) is 1. The Kier molecular flexibility index (Phi) is 3.93. The lowest BCUT2D eigenvalue weighted by atomic mass is 9.86. The minimum absolute atomic E-state index is 0.585. The van der Waals surface area contributed by atoms with Gasteiger partial charge in [0.25, 0.3) is 0 Å².